The molecule has 2 N–H and O–H groups in total. The van der Waals surface area contributed by atoms with E-state index in [0.717, 1.165) is 16.8 Å². The van der Waals surface area contributed by atoms with Crippen molar-refractivity contribution in [3.8, 4) is 0 Å². The third-order valence-electron chi connectivity index (χ3n) is 2.86. The summed E-state index contributed by atoms with van der Waals surface area (Å²) in [6, 6.07) is 6.75. The summed E-state index contributed by atoms with van der Waals surface area (Å²) in [7, 11) is 0. The molecule has 0 amide bonds. The van der Waals surface area contributed by atoms with Crippen LogP contribution in [0.2, 0.25) is 0 Å². The molecule has 2 rings (SSSR count). The SMILES string of the molecule is Cc1[nH]ncc1[C@@H](C)NCc1ccc(F)cc1. The fourth-order valence-corrected chi connectivity index (χ4v) is 1.78. The molecule has 0 radical (unpaired) electrons. The highest BCUT2D eigenvalue weighted by molar-refractivity contribution is 5.20. The van der Waals surface area contributed by atoms with Crippen molar-refractivity contribution in [2.75, 3.05) is 0 Å². The lowest BCUT2D eigenvalue weighted by atomic mass is 10.1. The van der Waals surface area contributed by atoms with E-state index in [1.807, 2.05) is 13.1 Å². The van der Waals surface area contributed by atoms with Gasteiger partial charge in [0.15, 0.2) is 0 Å². The van der Waals surface area contributed by atoms with E-state index in [1.54, 1.807) is 12.1 Å². The summed E-state index contributed by atoms with van der Waals surface area (Å²) in [5.41, 5.74) is 3.30. The highest BCUT2D eigenvalue weighted by Gasteiger charge is 2.09. The molecule has 17 heavy (non-hydrogen) atoms. The van der Waals surface area contributed by atoms with E-state index in [1.165, 1.54) is 12.1 Å². The molecule has 1 atom stereocenters. The van der Waals surface area contributed by atoms with Gasteiger partial charge in [-0.3, -0.25) is 5.10 Å². The molecule has 4 heteroatoms. The van der Waals surface area contributed by atoms with E-state index >= 15 is 0 Å². The first-order chi connectivity index (χ1) is 8.16. The van der Waals surface area contributed by atoms with Gasteiger partial charge in [-0.15, -0.1) is 0 Å². The standard InChI is InChI=1S/C13H16FN3/c1-9(13-8-16-17-10(13)2)15-7-11-3-5-12(14)6-4-11/h3-6,8-9,15H,7H2,1-2H3,(H,16,17)/t9-/m1/s1. The number of aromatic amines is 1. The maximum atomic E-state index is 12.7. The van der Waals surface area contributed by atoms with E-state index in [2.05, 4.69) is 22.4 Å². The van der Waals surface area contributed by atoms with Crippen molar-refractivity contribution < 1.29 is 4.39 Å². The number of rotatable bonds is 4. The largest absolute Gasteiger partial charge is 0.306 e. The van der Waals surface area contributed by atoms with Gasteiger partial charge < -0.3 is 5.32 Å². The molecule has 0 fully saturated rings. The van der Waals surface area contributed by atoms with Crippen molar-refractivity contribution in [1.82, 2.24) is 15.5 Å². The number of H-pyrrole nitrogens is 1. The third-order valence-corrected chi connectivity index (χ3v) is 2.86. The number of benzene rings is 1. The molecule has 0 bridgehead atoms. The number of aromatic nitrogens is 2. The molecular formula is C13H16FN3. The fraction of sp³-hybridized carbons (Fsp3) is 0.308. The van der Waals surface area contributed by atoms with Crippen molar-refractivity contribution >= 4 is 0 Å². The normalized spacial score (nSPS) is 12.6. The lowest BCUT2D eigenvalue weighted by Crippen LogP contribution is -2.18. The summed E-state index contributed by atoms with van der Waals surface area (Å²) in [5, 5.41) is 10.3. The first-order valence-corrected chi connectivity index (χ1v) is 5.64. The van der Waals surface area contributed by atoms with Crippen LogP contribution in [0.1, 0.15) is 29.8 Å². The van der Waals surface area contributed by atoms with Crippen molar-refractivity contribution in [2.24, 2.45) is 0 Å². The summed E-state index contributed by atoms with van der Waals surface area (Å²) < 4.78 is 12.7. The zero-order chi connectivity index (χ0) is 12.3. The first-order valence-electron chi connectivity index (χ1n) is 5.64. The molecule has 0 unspecified atom stereocenters. The second-order valence-corrected chi connectivity index (χ2v) is 4.18. The Bertz CT molecular complexity index is 476. The molecule has 0 aliphatic heterocycles. The van der Waals surface area contributed by atoms with Crippen molar-refractivity contribution in [3.05, 3.63) is 53.1 Å². The molecule has 1 aromatic carbocycles. The van der Waals surface area contributed by atoms with Crippen LogP contribution in [-0.4, -0.2) is 10.2 Å². The minimum absolute atomic E-state index is 0.201. The van der Waals surface area contributed by atoms with Gasteiger partial charge >= 0.3 is 0 Å². The van der Waals surface area contributed by atoms with E-state index in [9.17, 15) is 4.39 Å². The number of halogens is 1. The van der Waals surface area contributed by atoms with Crippen LogP contribution in [0.4, 0.5) is 4.39 Å². The Kier molecular flexibility index (Phi) is 3.54. The van der Waals surface area contributed by atoms with E-state index in [0.29, 0.717) is 6.54 Å². The molecular weight excluding hydrogens is 217 g/mol. The molecule has 0 saturated carbocycles. The van der Waals surface area contributed by atoms with Crippen molar-refractivity contribution in [3.63, 3.8) is 0 Å². The predicted molar refractivity (Wildman–Crippen MR) is 65.0 cm³/mol. The van der Waals surface area contributed by atoms with Gasteiger partial charge in [-0.2, -0.15) is 5.10 Å². The molecule has 0 aliphatic rings. The zero-order valence-electron chi connectivity index (χ0n) is 10.00. The van der Waals surface area contributed by atoms with Gasteiger partial charge in [-0.25, -0.2) is 4.39 Å². The second-order valence-electron chi connectivity index (χ2n) is 4.18. The summed E-state index contributed by atoms with van der Waals surface area (Å²) in [4.78, 5) is 0. The first kappa shape index (κ1) is 11.8. The van der Waals surface area contributed by atoms with E-state index < -0.39 is 0 Å². The van der Waals surface area contributed by atoms with Crippen LogP contribution >= 0.6 is 0 Å². The average molecular weight is 233 g/mol. The maximum absolute atomic E-state index is 12.7. The van der Waals surface area contributed by atoms with Gasteiger partial charge in [0.05, 0.1) is 6.20 Å². The smallest absolute Gasteiger partial charge is 0.123 e. The molecule has 90 valence electrons. The lowest BCUT2D eigenvalue weighted by molar-refractivity contribution is 0.570. The highest BCUT2D eigenvalue weighted by Crippen LogP contribution is 2.15. The molecule has 1 heterocycles. The monoisotopic (exact) mass is 233 g/mol. The van der Waals surface area contributed by atoms with Gasteiger partial charge in [-0.05, 0) is 31.5 Å². The van der Waals surface area contributed by atoms with Gasteiger partial charge in [0.2, 0.25) is 0 Å². The number of nitrogens with zero attached hydrogens (tertiary/aromatic N) is 1. The summed E-state index contributed by atoms with van der Waals surface area (Å²) in [6.07, 6.45) is 1.83. The summed E-state index contributed by atoms with van der Waals surface area (Å²) in [5.74, 6) is -0.201. The van der Waals surface area contributed by atoms with Gasteiger partial charge in [0.1, 0.15) is 5.82 Å². The maximum Gasteiger partial charge on any atom is 0.123 e. The average Bonchev–Trinajstić information content (AvgIpc) is 2.74. The Morgan fingerprint density at radius 1 is 1.35 bits per heavy atom. The minimum Gasteiger partial charge on any atom is -0.306 e. The Labute approximate surface area is 100 Å². The Hall–Kier alpha value is -1.68. The molecule has 0 aliphatic carbocycles. The van der Waals surface area contributed by atoms with E-state index in [4.69, 9.17) is 0 Å². The van der Waals surface area contributed by atoms with Crippen LogP contribution in [0.3, 0.4) is 0 Å². The zero-order valence-corrected chi connectivity index (χ0v) is 10.00. The van der Waals surface area contributed by atoms with Crippen LogP contribution in [-0.2, 0) is 6.54 Å². The van der Waals surface area contributed by atoms with Crippen molar-refractivity contribution in [2.45, 2.75) is 26.4 Å². The minimum atomic E-state index is -0.201. The fourth-order valence-electron chi connectivity index (χ4n) is 1.78. The number of aryl methyl sites for hydroxylation is 1. The van der Waals surface area contributed by atoms with Crippen LogP contribution in [0.15, 0.2) is 30.5 Å². The van der Waals surface area contributed by atoms with Gasteiger partial charge in [0.25, 0.3) is 0 Å². The second kappa shape index (κ2) is 5.10. The number of hydrogen-bond acceptors (Lipinski definition) is 2. The molecule has 2 aromatic rings. The third kappa shape index (κ3) is 2.91. The Morgan fingerprint density at radius 2 is 2.06 bits per heavy atom. The quantitative estimate of drug-likeness (QED) is 0.852. The van der Waals surface area contributed by atoms with Gasteiger partial charge in [-0.1, -0.05) is 12.1 Å². The Morgan fingerprint density at radius 3 is 2.65 bits per heavy atom. The number of nitrogens with one attached hydrogen (secondary N) is 2. The lowest BCUT2D eigenvalue weighted by Gasteiger charge is -2.13. The molecule has 0 saturated heterocycles. The van der Waals surface area contributed by atoms with Gasteiger partial charge in [0, 0.05) is 23.8 Å². The molecule has 3 nitrogen and oxygen atoms in total. The topological polar surface area (TPSA) is 40.7 Å². The van der Waals surface area contributed by atoms with Crippen LogP contribution in [0, 0.1) is 12.7 Å². The molecule has 0 spiro atoms. The van der Waals surface area contributed by atoms with E-state index in [-0.39, 0.29) is 11.9 Å². The predicted octanol–water partition coefficient (Wildman–Crippen LogP) is 2.71. The van der Waals surface area contributed by atoms with Crippen LogP contribution in [0.5, 0.6) is 0 Å². The highest BCUT2D eigenvalue weighted by atomic mass is 19.1. The molecule has 1 aromatic heterocycles. The van der Waals surface area contributed by atoms with Crippen LogP contribution in [0.25, 0.3) is 0 Å². The Balaban J connectivity index is 1.94. The van der Waals surface area contributed by atoms with Crippen molar-refractivity contribution in [1.29, 1.82) is 0 Å². The summed E-state index contributed by atoms with van der Waals surface area (Å²) in [6.45, 7) is 4.80. The summed E-state index contributed by atoms with van der Waals surface area (Å²) >= 11 is 0. The number of hydrogen-bond donors (Lipinski definition) is 2. The van der Waals surface area contributed by atoms with Crippen LogP contribution < -0.4 is 5.32 Å².